The summed E-state index contributed by atoms with van der Waals surface area (Å²) in [6, 6.07) is 10.1. The maximum absolute atomic E-state index is 13.3. The number of hydrogen-bond donors (Lipinski definition) is 1. The molecule has 3 aliphatic rings. The molecule has 5 heterocycles. The number of anilines is 1. The molecule has 2 saturated heterocycles. The highest BCUT2D eigenvalue weighted by atomic mass is 16.5. The van der Waals surface area contributed by atoms with Gasteiger partial charge in [0.15, 0.2) is 0 Å². The molecule has 2 aromatic heterocycles. The Labute approximate surface area is 324 Å². The smallest absolute Gasteiger partial charge is 0.262 e. The second kappa shape index (κ2) is 16.6. The van der Waals surface area contributed by atoms with Crippen LogP contribution in [0, 0.1) is 0 Å². The van der Waals surface area contributed by atoms with Crippen LogP contribution < -0.4 is 25.2 Å². The fraction of sp³-hybridized carbons (Fsp3) is 0.415. The molecule has 2 aromatic carbocycles. The van der Waals surface area contributed by atoms with Crippen LogP contribution in [-0.4, -0.2) is 128 Å². The molecule has 4 amide bonds. The van der Waals surface area contributed by atoms with E-state index in [-0.39, 0.29) is 24.0 Å². The van der Waals surface area contributed by atoms with Crippen LogP contribution in [0.2, 0.25) is 0 Å². The molecule has 0 radical (unpaired) electrons. The predicted molar refractivity (Wildman–Crippen MR) is 209 cm³/mol. The van der Waals surface area contributed by atoms with Gasteiger partial charge >= 0.3 is 0 Å². The van der Waals surface area contributed by atoms with E-state index in [0.717, 1.165) is 78.4 Å². The van der Waals surface area contributed by atoms with Gasteiger partial charge in [-0.3, -0.25) is 44.1 Å². The van der Waals surface area contributed by atoms with Crippen molar-refractivity contribution in [2.24, 2.45) is 7.05 Å². The number of fused-ring (bicyclic) bond motifs is 2. The summed E-state index contributed by atoms with van der Waals surface area (Å²) >= 11 is 0. The quantitative estimate of drug-likeness (QED) is 0.148. The van der Waals surface area contributed by atoms with Crippen molar-refractivity contribution in [3.05, 3.63) is 82.0 Å². The fourth-order valence-electron chi connectivity index (χ4n) is 7.80. The lowest BCUT2D eigenvalue weighted by Crippen LogP contribution is -2.54. The number of ether oxygens (including phenoxy) is 3. The van der Waals surface area contributed by atoms with Crippen molar-refractivity contribution in [2.75, 3.05) is 78.6 Å². The lowest BCUT2D eigenvalue weighted by molar-refractivity contribution is -0.136. The average molecular weight is 766 g/mol. The van der Waals surface area contributed by atoms with E-state index >= 15 is 0 Å². The number of aryl methyl sites for hydroxylation is 1. The molecule has 1 N–H and O–H groups in total. The van der Waals surface area contributed by atoms with E-state index in [9.17, 15) is 24.0 Å². The van der Waals surface area contributed by atoms with Crippen LogP contribution in [-0.2, 0) is 27.9 Å². The molecule has 7 rings (SSSR count). The highest BCUT2D eigenvalue weighted by Crippen LogP contribution is 2.38. The van der Waals surface area contributed by atoms with Crippen molar-refractivity contribution in [3.63, 3.8) is 0 Å². The van der Waals surface area contributed by atoms with Crippen LogP contribution >= 0.6 is 0 Å². The SMILES string of the molecule is COc1cc(-c2cn(C)c(=O)c3cnccc23)cc(OC)c1CN(C)CCCOCCN1CCN(c2ccc3c(c2)C(=O)N(C2CCC(=O)NC2=O)C3=O)CC1. The highest BCUT2D eigenvalue weighted by molar-refractivity contribution is 6.23. The maximum Gasteiger partial charge on any atom is 0.262 e. The Kier molecular flexibility index (Phi) is 11.5. The van der Waals surface area contributed by atoms with E-state index in [1.54, 1.807) is 50.4 Å². The summed E-state index contributed by atoms with van der Waals surface area (Å²) in [5.41, 5.74) is 4.03. The summed E-state index contributed by atoms with van der Waals surface area (Å²) in [6.45, 7) is 6.66. The minimum atomic E-state index is -0.978. The first-order valence-corrected chi connectivity index (χ1v) is 18.9. The summed E-state index contributed by atoms with van der Waals surface area (Å²) in [4.78, 5) is 75.0. The second-order valence-electron chi connectivity index (χ2n) is 14.4. The standard InChI is InChI=1S/C41H47N7O8/c1-44(24-33-35(54-3)20-26(21-36(33)55-4)32-25-45(2)39(51)31-23-42-11-10-28(31)32)12-5-18-56-19-17-46-13-15-47(16-14-46)27-6-7-29-30(22-27)41(53)48(40(29)52)34-8-9-37(49)43-38(34)50/h6-7,10-11,20-23,25,34H,5,8-9,12-19,24H2,1-4H3,(H,43,49,50). The van der Waals surface area contributed by atoms with Crippen LogP contribution in [0.25, 0.3) is 21.9 Å². The molecular weight excluding hydrogens is 718 g/mol. The zero-order valence-corrected chi connectivity index (χ0v) is 32.2. The molecule has 1 atom stereocenters. The number of piperidine rings is 1. The molecule has 0 spiro atoms. The van der Waals surface area contributed by atoms with Crippen LogP contribution in [0.3, 0.4) is 0 Å². The van der Waals surface area contributed by atoms with Crippen molar-refractivity contribution < 1.29 is 33.4 Å². The predicted octanol–water partition coefficient (Wildman–Crippen LogP) is 2.68. The molecule has 0 aliphatic carbocycles. The van der Waals surface area contributed by atoms with Crippen LogP contribution in [0.15, 0.2) is 59.8 Å². The van der Waals surface area contributed by atoms with Crippen LogP contribution in [0.4, 0.5) is 5.69 Å². The molecule has 56 heavy (non-hydrogen) atoms. The van der Waals surface area contributed by atoms with E-state index in [4.69, 9.17) is 14.2 Å². The van der Waals surface area contributed by atoms with Gasteiger partial charge in [-0.1, -0.05) is 0 Å². The number of benzene rings is 2. The molecule has 294 valence electrons. The van der Waals surface area contributed by atoms with Gasteiger partial charge in [-0.15, -0.1) is 0 Å². The minimum Gasteiger partial charge on any atom is -0.496 e. The Balaban J connectivity index is 0.858. The fourth-order valence-corrected chi connectivity index (χ4v) is 7.80. The average Bonchev–Trinajstić information content (AvgIpc) is 3.45. The Bertz CT molecular complexity index is 2210. The molecule has 0 saturated carbocycles. The van der Waals surface area contributed by atoms with Crippen LogP contribution in [0.1, 0.15) is 45.5 Å². The van der Waals surface area contributed by atoms with E-state index < -0.39 is 29.7 Å². The lowest BCUT2D eigenvalue weighted by atomic mass is 9.99. The third kappa shape index (κ3) is 7.74. The molecule has 1 unspecified atom stereocenters. The zero-order valence-electron chi connectivity index (χ0n) is 32.2. The van der Waals surface area contributed by atoms with Gasteiger partial charge in [0.25, 0.3) is 17.4 Å². The number of methoxy groups -OCH3 is 2. The third-order valence-electron chi connectivity index (χ3n) is 10.9. The van der Waals surface area contributed by atoms with Crippen molar-refractivity contribution >= 4 is 40.1 Å². The molecule has 3 aliphatic heterocycles. The molecule has 2 fully saturated rings. The van der Waals surface area contributed by atoms with E-state index in [1.165, 1.54) is 0 Å². The lowest BCUT2D eigenvalue weighted by Gasteiger charge is -2.36. The Hall–Kier alpha value is -5.64. The van der Waals surface area contributed by atoms with Gasteiger partial charge in [0.1, 0.15) is 17.5 Å². The van der Waals surface area contributed by atoms with Gasteiger partial charge < -0.3 is 28.6 Å². The van der Waals surface area contributed by atoms with Crippen LogP contribution in [0.5, 0.6) is 11.5 Å². The maximum atomic E-state index is 13.3. The normalized spacial score (nSPS) is 17.6. The van der Waals surface area contributed by atoms with Crippen molar-refractivity contribution in [1.29, 1.82) is 0 Å². The molecule has 15 heteroatoms. The largest absolute Gasteiger partial charge is 0.496 e. The topological polar surface area (TPSA) is 156 Å². The summed E-state index contributed by atoms with van der Waals surface area (Å²) in [5, 5.41) is 3.60. The number of pyridine rings is 2. The van der Waals surface area contributed by atoms with Crippen molar-refractivity contribution in [1.82, 2.24) is 29.6 Å². The molecule has 4 aromatic rings. The van der Waals surface area contributed by atoms with Gasteiger partial charge in [0, 0.05) is 95.7 Å². The first-order valence-electron chi connectivity index (χ1n) is 18.9. The Morgan fingerprint density at radius 1 is 0.875 bits per heavy atom. The summed E-state index contributed by atoms with van der Waals surface area (Å²) < 4.78 is 19.3. The summed E-state index contributed by atoms with van der Waals surface area (Å²) in [7, 11) is 7.09. The molecule has 15 nitrogen and oxygen atoms in total. The van der Waals surface area contributed by atoms with Crippen molar-refractivity contribution in [3.8, 4) is 22.6 Å². The first kappa shape index (κ1) is 38.6. The third-order valence-corrected chi connectivity index (χ3v) is 10.9. The van der Waals surface area contributed by atoms with Gasteiger partial charge in [0.05, 0.1) is 42.9 Å². The Morgan fingerprint density at radius 3 is 2.32 bits per heavy atom. The number of amides is 4. The minimum absolute atomic E-state index is 0.0870. The number of piperazine rings is 1. The van der Waals surface area contributed by atoms with E-state index in [0.29, 0.717) is 42.2 Å². The monoisotopic (exact) mass is 765 g/mol. The number of nitrogens with one attached hydrogen (secondary N) is 1. The number of carbonyl (C=O) groups excluding carboxylic acids is 4. The van der Waals surface area contributed by atoms with Gasteiger partial charge in [0.2, 0.25) is 11.8 Å². The summed E-state index contributed by atoms with van der Waals surface area (Å²) in [6.07, 6.45) is 6.18. The first-order chi connectivity index (χ1) is 27.1. The van der Waals surface area contributed by atoms with Gasteiger partial charge in [-0.2, -0.15) is 0 Å². The number of nitrogens with zero attached hydrogens (tertiary/aromatic N) is 6. The zero-order chi connectivity index (χ0) is 39.5. The van der Waals surface area contributed by atoms with E-state index in [1.807, 2.05) is 30.5 Å². The number of hydrogen-bond acceptors (Lipinski definition) is 12. The highest BCUT2D eigenvalue weighted by Gasteiger charge is 2.44. The van der Waals surface area contributed by atoms with Gasteiger partial charge in [-0.25, -0.2) is 0 Å². The van der Waals surface area contributed by atoms with Crippen molar-refractivity contribution in [2.45, 2.75) is 31.8 Å². The summed E-state index contributed by atoms with van der Waals surface area (Å²) in [5.74, 6) is -0.600. The Morgan fingerprint density at radius 2 is 1.61 bits per heavy atom. The number of rotatable bonds is 14. The molecule has 0 bridgehead atoms. The number of aromatic nitrogens is 2. The number of imide groups is 2. The number of carbonyl (C=O) groups is 4. The van der Waals surface area contributed by atoms with Gasteiger partial charge in [-0.05, 0) is 67.2 Å². The molecular formula is C41H47N7O8. The second-order valence-corrected chi connectivity index (χ2v) is 14.4. The van der Waals surface area contributed by atoms with E-state index in [2.05, 4.69) is 32.0 Å².